The second kappa shape index (κ2) is 6.77. The fourth-order valence-corrected chi connectivity index (χ4v) is 3.31. The Labute approximate surface area is 132 Å². The lowest BCUT2D eigenvalue weighted by molar-refractivity contribution is -0.122. The maximum Gasteiger partial charge on any atom is 0.220 e. The molecule has 1 aromatic heterocycles. The maximum atomic E-state index is 12.2. The molecule has 2 aliphatic heterocycles. The van der Waals surface area contributed by atoms with Gasteiger partial charge in [-0.1, -0.05) is 13.8 Å². The Bertz CT molecular complexity index is 519. The molecule has 0 spiro atoms. The smallest absolute Gasteiger partial charge is 0.220 e. The SMILES string of the molecule is CC(C)c1nc2n(n1)CCCC2NC(=O)CCC1CCNC1. The summed E-state index contributed by atoms with van der Waals surface area (Å²) < 4.78 is 1.98. The predicted molar refractivity (Wildman–Crippen MR) is 84.4 cm³/mol. The number of amides is 1. The van der Waals surface area contributed by atoms with E-state index in [-0.39, 0.29) is 11.9 Å². The van der Waals surface area contributed by atoms with Crippen molar-refractivity contribution in [2.24, 2.45) is 5.92 Å². The van der Waals surface area contributed by atoms with E-state index in [9.17, 15) is 4.79 Å². The van der Waals surface area contributed by atoms with Gasteiger partial charge in [-0.3, -0.25) is 4.79 Å². The molecular weight excluding hydrogens is 278 g/mol. The lowest BCUT2D eigenvalue weighted by Gasteiger charge is -2.23. The van der Waals surface area contributed by atoms with Gasteiger partial charge in [0.15, 0.2) is 5.82 Å². The van der Waals surface area contributed by atoms with Crippen LogP contribution in [0, 0.1) is 5.92 Å². The summed E-state index contributed by atoms with van der Waals surface area (Å²) in [6.45, 7) is 7.27. The lowest BCUT2D eigenvalue weighted by atomic mass is 10.0. The number of rotatable bonds is 5. The van der Waals surface area contributed by atoms with Crippen molar-refractivity contribution in [3.8, 4) is 0 Å². The van der Waals surface area contributed by atoms with Gasteiger partial charge in [0, 0.05) is 18.9 Å². The standard InChI is InChI=1S/C16H27N5O/c1-11(2)15-19-16-13(4-3-9-21(16)20-15)18-14(22)6-5-12-7-8-17-10-12/h11-13,17H,3-10H2,1-2H3,(H,18,22). The van der Waals surface area contributed by atoms with Crippen LogP contribution in [0.1, 0.15) is 69.6 Å². The van der Waals surface area contributed by atoms with Crippen LogP contribution in [0.4, 0.5) is 0 Å². The molecule has 0 bridgehead atoms. The molecule has 1 saturated heterocycles. The van der Waals surface area contributed by atoms with Gasteiger partial charge in [-0.2, -0.15) is 5.10 Å². The molecule has 1 amide bonds. The molecule has 2 unspecified atom stereocenters. The third-order valence-corrected chi connectivity index (χ3v) is 4.68. The molecule has 2 aliphatic rings. The minimum atomic E-state index is 0.0305. The van der Waals surface area contributed by atoms with Crippen LogP contribution in [-0.2, 0) is 11.3 Å². The molecule has 6 heteroatoms. The predicted octanol–water partition coefficient (Wildman–Crippen LogP) is 1.74. The van der Waals surface area contributed by atoms with Crippen molar-refractivity contribution in [3.63, 3.8) is 0 Å². The Balaban J connectivity index is 1.57. The molecule has 3 heterocycles. The highest BCUT2D eigenvalue weighted by molar-refractivity contribution is 5.76. The molecular formula is C16H27N5O. The van der Waals surface area contributed by atoms with E-state index in [1.165, 1.54) is 6.42 Å². The molecule has 0 saturated carbocycles. The first-order chi connectivity index (χ1) is 10.6. The van der Waals surface area contributed by atoms with Gasteiger partial charge in [-0.15, -0.1) is 0 Å². The highest BCUT2D eigenvalue weighted by atomic mass is 16.1. The number of carbonyl (C=O) groups excluding carboxylic acids is 1. The first-order valence-electron chi connectivity index (χ1n) is 8.58. The number of hydrogen-bond donors (Lipinski definition) is 2. The van der Waals surface area contributed by atoms with E-state index < -0.39 is 0 Å². The highest BCUT2D eigenvalue weighted by Gasteiger charge is 2.26. The monoisotopic (exact) mass is 305 g/mol. The summed E-state index contributed by atoms with van der Waals surface area (Å²) in [6.07, 6.45) is 4.81. The number of carbonyl (C=O) groups is 1. The molecule has 2 N–H and O–H groups in total. The van der Waals surface area contributed by atoms with Crippen molar-refractivity contribution in [2.45, 2.75) is 64.5 Å². The molecule has 22 heavy (non-hydrogen) atoms. The first kappa shape index (κ1) is 15.5. The van der Waals surface area contributed by atoms with E-state index in [2.05, 4.69) is 34.6 Å². The minimum Gasteiger partial charge on any atom is -0.346 e. The van der Waals surface area contributed by atoms with E-state index in [1.54, 1.807) is 0 Å². The van der Waals surface area contributed by atoms with E-state index >= 15 is 0 Å². The van der Waals surface area contributed by atoms with Crippen molar-refractivity contribution in [1.82, 2.24) is 25.4 Å². The van der Waals surface area contributed by atoms with Crippen molar-refractivity contribution in [3.05, 3.63) is 11.6 Å². The summed E-state index contributed by atoms with van der Waals surface area (Å²) in [6, 6.07) is 0.0305. The Kier molecular flexibility index (Phi) is 4.76. The molecule has 6 nitrogen and oxygen atoms in total. The van der Waals surface area contributed by atoms with Crippen LogP contribution in [0.5, 0.6) is 0 Å². The Morgan fingerprint density at radius 1 is 1.45 bits per heavy atom. The number of aryl methyl sites for hydroxylation is 1. The highest BCUT2D eigenvalue weighted by Crippen LogP contribution is 2.25. The van der Waals surface area contributed by atoms with Gasteiger partial charge in [-0.25, -0.2) is 9.67 Å². The third kappa shape index (κ3) is 3.48. The average molecular weight is 305 g/mol. The summed E-state index contributed by atoms with van der Waals surface area (Å²) in [5, 5.41) is 11.1. The summed E-state index contributed by atoms with van der Waals surface area (Å²) in [5.74, 6) is 2.95. The quantitative estimate of drug-likeness (QED) is 0.869. The molecule has 1 aromatic rings. The van der Waals surface area contributed by atoms with Crippen LogP contribution in [0.25, 0.3) is 0 Å². The van der Waals surface area contributed by atoms with Crippen molar-refractivity contribution >= 4 is 5.91 Å². The van der Waals surface area contributed by atoms with Gasteiger partial charge in [-0.05, 0) is 44.7 Å². The van der Waals surface area contributed by atoms with Gasteiger partial charge in [0.1, 0.15) is 5.82 Å². The number of fused-ring (bicyclic) bond motifs is 1. The Hall–Kier alpha value is -1.43. The second-order valence-corrected chi connectivity index (χ2v) is 6.87. The number of nitrogens with one attached hydrogen (secondary N) is 2. The minimum absolute atomic E-state index is 0.0305. The average Bonchev–Trinajstić information content (AvgIpc) is 3.15. The Morgan fingerprint density at radius 3 is 3.05 bits per heavy atom. The van der Waals surface area contributed by atoms with Gasteiger partial charge >= 0.3 is 0 Å². The van der Waals surface area contributed by atoms with Gasteiger partial charge in [0.25, 0.3) is 0 Å². The fourth-order valence-electron chi connectivity index (χ4n) is 3.31. The summed E-state index contributed by atoms with van der Waals surface area (Å²) in [5.41, 5.74) is 0. The van der Waals surface area contributed by atoms with Crippen LogP contribution in [0.3, 0.4) is 0 Å². The molecule has 1 fully saturated rings. The molecule has 0 radical (unpaired) electrons. The van der Waals surface area contributed by atoms with Crippen LogP contribution in [-0.4, -0.2) is 33.8 Å². The van der Waals surface area contributed by atoms with E-state index in [0.29, 0.717) is 18.3 Å². The summed E-state index contributed by atoms with van der Waals surface area (Å²) in [4.78, 5) is 16.9. The number of hydrogen-bond acceptors (Lipinski definition) is 4. The zero-order chi connectivity index (χ0) is 15.5. The third-order valence-electron chi connectivity index (χ3n) is 4.68. The van der Waals surface area contributed by atoms with E-state index in [4.69, 9.17) is 0 Å². The Morgan fingerprint density at radius 2 is 2.32 bits per heavy atom. The zero-order valence-corrected chi connectivity index (χ0v) is 13.6. The molecule has 0 aromatic carbocycles. The molecule has 122 valence electrons. The first-order valence-corrected chi connectivity index (χ1v) is 8.58. The summed E-state index contributed by atoms with van der Waals surface area (Å²) >= 11 is 0. The largest absolute Gasteiger partial charge is 0.346 e. The maximum absolute atomic E-state index is 12.2. The molecule has 0 aliphatic carbocycles. The number of aromatic nitrogens is 3. The molecule has 3 rings (SSSR count). The van der Waals surface area contributed by atoms with Crippen LogP contribution in [0.15, 0.2) is 0 Å². The van der Waals surface area contributed by atoms with E-state index in [1.807, 2.05) is 4.68 Å². The van der Waals surface area contributed by atoms with Gasteiger partial charge in [0.2, 0.25) is 5.91 Å². The topological polar surface area (TPSA) is 71.8 Å². The van der Waals surface area contributed by atoms with Gasteiger partial charge < -0.3 is 10.6 Å². The second-order valence-electron chi connectivity index (χ2n) is 6.87. The normalized spacial score (nSPS) is 24.5. The summed E-state index contributed by atoms with van der Waals surface area (Å²) in [7, 11) is 0. The molecule has 2 atom stereocenters. The lowest BCUT2D eigenvalue weighted by Crippen LogP contribution is -2.33. The van der Waals surface area contributed by atoms with Crippen molar-refractivity contribution in [1.29, 1.82) is 0 Å². The van der Waals surface area contributed by atoms with E-state index in [0.717, 1.165) is 50.5 Å². The van der Waals surface area contributed by atoms with Crippen molar-refractivity contribution in [2.75, 3.05) is 13.1 Å². The zero-order valence-electron chi connectivity index (χ0n) is 13.6. The van der Waals surface area contributed by atoms with Crippen LogP contribution >= 0.6 is 0 Å². The van der Waals surface area contributed by atoms with Crippen molar-refractivity contribution < 1.29 is 4.79 Å². The van der Waals surface area contributed by atoms with Crippen LogP contribution in [0.2, 0.25) is 0 Å². The van der Waals surface area contributed by atoms with Gasteiger partial charge in [0.05, 0.1) is 6.04 Å². The number of nitrogens with zero attached hydrogens (tertiary/aromatic N) is 3. The van der Waals surface area contributed by atoms with Crippen LogP contribution < -0.4 is 10.6 Å². The fraction of sp³-hybridized carbons (Fsp3) is 0.812.